The summed E-state index contributed by atoms with van der Waals surface area (Å²) in [6.45, 7) is 9.58. The molecule has 130 valence electrons. The molecule has 1 aliphatic rings. The van der Waals surface area contributed by atoms with Gasteiger partial charge in [0, 0.05) is 37.8 Å². The van der Waals surface area contributed by atoms with Gasteiger partial charge in [0.15, 0.2) is 0 Å². The zero-order valence-electron chi connectivity index (χ0n) is 15.2. The molecule has 0 unspecified atom stereocenters. The third-order valence-corrected chi connectivity index (χ3v) is 4.95. The van der Waals surface area contributed by atoms with Gasteiger partial charge in [-0.3, -0.25) is 9.48 Å². The van der Waals surface area contributed by atoms with Crippen LogP contribution < -0.4 is 0 Å². The number of nitrogens with zero attached hydrogens (tertiary/aromatic N) is 6. The summed E-state index contributed by atoms with van der Waals surface area (Å²) in [4.78, 5) is 15.0. The molecule has 1 atom stereocenters. The summed E-state index contributed by atoms with van der Waals surface area (Å²) in [5, 5.41) is 12.8. The SMILES string of the molecule is Cc1nn(C)c(C)c1C(=O)N1CCC[C@H](c2nncn2C(C)C)C1. The summed E-state index contributed by atoms with van der Waals surface area (Å²) in [6.07, 6.45) is 3.82. The molecular formula is C17H26N6O. The standard InChI is InChI=1S/C17H26N6O/c1-11(2)23-10-18-19-16(23)14-7-6-8-22(9-14)17(24)15-12(3)20-21(5)13(15)4/h10-11,14H,6-9H2,1-5H3/t14-/m0/s1. The lowest BCUT2D eigenvalue weighted by Gasteiger charge is -2.33. The van der Waals surface area contributed by atoms with E-state index >= 15 is 0 Å². The van der Waals surface area contributed by atoms with Crippen LogP contribution in [0.1, 0.15) is 66.2 Å². The summed E-state index contributed by atoms with van der Waals surface area (Å²) in [7, 11) is 1.88. The first kappa shape index (κ1) is 16.7. The highest BCUT2D eigenvalue weighted by Gasteiger charge is 2.31. The molecule has 24 heavy (non-hydrogen) atoms. The maximum absolute atomic E-state index is 13.0. The molecule has 0 N–H and O–H groups in total. The second-order valence-electron chi connectivity index (χ2n) is 6.95. The van der Waals surface area contributed by atoms with Crippen molar-refractivity contribution in [2.24, 2.45) is 7.05 Å². The Morgan fingerprint density at radius 3 is 2.71 bits per heavy atom. The van der Waals surface area contributed by atoms with Gasteiger partial charge >= 0.3 is 0 Å². The fraction of sp³-hybridized carbons (Fsp3) is 0.647. The second-order valence-corrected chi connectivity index (χ2v) is 6.95. The van der Waals surface area contributed by atoms with Gasteiger partial charge in [0.2, 0.25) is 0 Å². The molecule has 2 aromatic rings. The van der Waals surface area contributed by atoms with Crippen LogP contribution in [0.5, 0.6) is 0 Å². The minimum Gasteiger partial charge on any atom is -0.338 e. The molecule has 2 aromatic heterocycles. The lowest BCUT2D eigenvalue weighted by atomic mass is 9.96. The molecule has 1 amide bonds. The molecule has 1 saturated heterocycles. The minimum absolute atomic E-state index is 0.0819. The van der Waals surface area contributed by atoms with Gasteiger partial charge in [-0.05, 0) is 40.5 Å². The molecule has 0 saturated carbocycles. The van der Waals surface area contributed by atoms with Crippen molar-refractivity contribution in [3.63, 3.8) is 0 Å². The number of rotatable bonds is 3. The summed E-state index contributed by atoms with van der Waals surface area (Å²) in [5.41, 5.74) is 2.46. The van der Waals surface area contributed by atoms with Crippen molar-refractivity contribution in [2.75, 3.05) is 13.1 Å². The molecule has 1 fully saturated rings. The van der Waals surface area contributed by atoms with Gasteiger partial charge in [-0.15, -0.1) is 10.2 Å². The van der Waals surface area contributed by atoms with Crippen LogP contribution in [0, 0.1) is 13.8 Å². The summed E-state index contributed by atoms with van der Waals surface area (Å²) in [6, 6.07) is 0.323. The van der Waals surface area contributed by atoms with E-state index in [0.717, 1.165) is 42.2 Å². The Morgan fingerprint density at radius 2 is 2.08 bits per heavy atom. The first-order chi connectivity index (χ1) is 11.4. The van der Waals surface area contributed by atoms with E-state index in [-0.39, 0.29) is 11.8 Å². The molecule has 7 nitrogen and oxygen atoms in total. The molecule has 1 aliphatic heterocycles. The molecule has 0 aliphatic carbocycles. The summed E-state index contributed by atoms with van der Waals surface area (Å²) in [5.74, 6) is 1.31. The number of hydrogen-bond acceptors (Lipinski definition) is 4. The number of aryl methyl sites for hydroxylation is 2. The quantitative estimate of drug-likeness (QED) is 0.865. The lowest BCUT2D eigenvalue weighted by molar-refractivity contribution is 0.0701. The van der Waals surface area contributed by atoms with E-state index < -0.39 is 0 Å². The van der Waals surface area contributed by atoms with Crippen molar-refractivity contribution in [2.45, 2.75) is 52.5 Å². The average molecular weight is 330 g/mol. The van der Waals surface area contributed by atoms with E-state index in [4.69, 9.17) is 0 Å². The average Bonchev–Trinajstić information content (AvgIpc) is 3.13. The fourth-order valence-electron chi connectivity index (χ4n) is 3.56. The zero-order valence-corrected chi connectivity index (χ0v) is 15.2. The Labute approximate surface area is 142 Å². The van der Waals surface area contributed by atoms with Gasteiger partial charge < -0.3 is 9.47 Å². The monoisotopic (exact) mass is 330 g/mol. The maximum atomic E-state index is 13.0. The lowest BCUT2D eigenvalue weighted by Crippen LogP contribution is -2.40. The molecular weight excluding hydrogens is 304 g/mol. The van der Waals surface area contributed by atoms with Gasteiger partial charge in [-0.2, -0.15) is 5.10 Å². The van der Waals surface area contributed by atoms with Crippen molar-refractivity contribution in [3.05, 3.63) is 29.1 Å². The highest BCUT2D eigenvalue weighted by Crippen LogP contribution is 2.28. The van der Waals surface area contributed by atoms with Crippen molar-refractivity contribution in [1.82, 2.24) is 29.4 Å². The summed E-state index contributed by atoms with van der Waals surface area (Å²) < 4.78 is 3.89. The number of likely N-dealkylation sites (tertiary alicyclic amines) is 1. The maximum Gasteiger partial charge on any atom is 0.257 e. The van der Waals surface area contributed by atoms with Crippen LogP contribution in [0.15, 0.2) is 6.33 Å². The van der Waals surface area contributed by atoms with Gasteiger partial charge in [-0.25, -0.2) is 0 Å². The van der Waals surface area contributed by atoms with Crippen LogP contribution in [0.2, 0.25) is 0 Å². The summed E-state index contributed by atoms with van der Waals surface area (Å²) >= 11 is 0. The van der Waals surface area contributed by atoms with Crippen molar-refractivity contribution in [3.8, 4) is 0 Å². The van der Waals surface area contributed by atoms with E-state index in [1.165, 1.54) is 0 Å². The van der Waals surface area contributed by atoms with Gasteiger partial charge in [0.05, 0.1) is 11.3 Å². The van der Waals surface area contributed by atoms with Crippen LogP contribution in [0.3, 0.4) is 0 Å². The zero-order chi connectivity index (χ0) is 17.4. The normalized spacial score (nSPS) is 18.4. The van der Waals surface area contributed by atoms with Crippen molar-refractivity contribution >= 4 is 5.91 Å². The third-order valence-electron chi connectivity index (χ3n) is 4.95. The van der Waals surface area contributed by atoms with E-state index in [0.29, 0.717) is 12.6 Å². The van der Waals surface area contributed by atoms with E-state index in [2.05, 4.69) is 33.7 Å². The highest BCUT2D eigenvalue weighted by molar-refractivity contribution is 5.96. The molecule has 0 bridgehead atoms. The number of amides is 1. The van der Waals surface area contributed by atoms with Crippen LogP contribution in [0.25, 0.3) is 0 Å². The smallest absolute Gasteiger partial charge is 0.257 e. The Kier molecular flexibility index (Phi) is 4.43. The third kappa shape index (κ3) is 2.83. The van der Waals surface area contributed by atoms with Crippen LogP contribution in [-0.2, 0) is 7.05 Å². The van der Waals surface area contributed by atoms with Crippen molar-refractivity contribution < 1.29 is 4.79 Å². The Bertz CT molecular complexity index is 744. The number of carbonyl (C=O) groups excluding carboxylic acids is 1. The number of aromatic nitrogens is 5. The minimum atomic E-state index is 0.0819. The van der Waals surface area contributed by atoms with E-state index in [9.17, 15) is 4.79 Å². The van der Waals surface area contributed by atoms with Gasteiger partial charge in [-0.1, -0.05) is 0 Å². The first-order valence-electron chi connectivity index (χ1n) is 8.59. The van der Waals surface area contributed by atoms with Crippen LogP contribution in [0.4, 0.5) is 0 Å². The Morgan fingerprint density at radius 1 is 1.33 bits per heavy atom. The molecule has 0 aromatic carbocycles. The van der Waals surface area contributed by atoms with E-state index in [1.807, 2.05) is 25.8 Å². The predicted octanol–water partition coefficient (Wildman–Crippen LogP) is 2.23. The second kappa shape index (κ2) is 6.37. The largest absolute Gasteiger partial charge is 0.338 e. The Hall–Kier alpha value is -2.18. The fourth-order valence-corrected chi connectivity index (χ4v) is 3.56. The predicted molar refractivity (Wildman–Crippen MR) is 91.0 cm³/mol. The molecule has 7 heteroatoms. The highest BCUT2D eigenvalue weighted by atomic mass is 16.2. The molecule has 3 rings (SSSR count). The molecule has 0 spiro atoms. The van der Waals surface area contributed by atoms with Crippen LogP contribution in [-0.4, -0.2) is 48.4 Å². The number of hydrogen-bond donors (Lipinski definition) is 0. The number of carbonyl (C=O) groups is 1. The molecule has 3 heterocycles. The first-order valence-corrected chi connectivity index (χ1v) is 8.59. The van der Waals surface area contributed by atoms with Crippen molar-refractivity contribution in [1.29, 1.82) is 0 Å². The van der Waals surface area contributed by atoms with E-state index in [1.54, 1.807) is 11.0 Å². The number of piperidine rings is 1. The molecule has 0 radical (unpaired) electrons. The van der Waals surface area contributed by atoms with Crippen LogP contribution >= 0.6 is 0 Å². The van der Waals surface area contributed by atoms with Gasteiger partial charge in [0.1, 0.15) is 12.2 Å². The van der Waals surface area contributed by atoms with Gasteiger partial charge in [0.25, 0.3) is 5.91 Å². The topological polar surface area (TPSA) is 68.8 Å². The Balaban J connectivity index is 1.83.